The van der Waals surface area contributed by atoms with Crippen molar-refractivity contribution in [2.75, 3.05) is 39.3 Å². The van der Waals surface area contributed by atoms with Gasteiger partial charge in [-0.3, -0.25) is 9.69 Å². The lowest BCUT2D eigenvalue weighted by Crippen LogP contribution is -2.74. The third-order valence-electron chi connectivity index (χ3n) is 8.10. The Morgan fingerprint density at radius 2 is 1.33 bits per heavy atom. The molecule has 2 spiro atoms. The van der Waals surface area contributed by atoms with Gasteiger partial charge in [-0.1, -0.05) is 6.92 Å². The van der Waals surface area contributed by atoms with Crippen LogP contribution in [-0.2, 0) is 4.79 Å². The number of carbonyl (C=O) groups excluding carboxylic acids is 1. The van der Waals surface area contributed by atoms with E-state index in [1.54, 1.807) is 6.92 Å². The van der Waals surface area contributed by atoms with E-state index < -0.39 is 0 Å². The summed E-state index contributed by atoms with van der Waals surface area (Å²) in [5, 5.41) is 0. The number of amides is 1. The van der Waals surface area contributed by atoms with Crippen LogP contribution < -0.4 is 0 Å². The topological polar surface area (TPSA) is 26.8 Å². The zero-order valence-corrected chi connectivity index (χ0v) is 15.5. The standard InChI is InChI=1S/C20H33N3O/c1-15-3-5-21(6-4-15)17-7-20(8-17)13-23(14-20)18-9-19(10-18)11-22(12-19)16(2)24/h15,17-18H,3-14H2,1-2H3. The molecule has 5 aliphatic rings. The van der Waals surface area contributed by atoms with Crippen LogP contribution >= 0.6 is 0 Å². The Balaban J connectivity index is 1.04. The molecule has 5 rings (SSSR count). The highest BCUT2D eigenvalue weighted by Crippen LogP contribution is 2.56. The molecule has 0 aromatic heterocycles. The summed E-state index contributed by atoms with van der Waals surface area (Å²) >= 11 is 0. The van der Waals surface area contributed by atoms with Crippen LogP contribution in [0.25, 0.3) is 0 Å². The fourth-order valence-corrected chi connectivity index (χ4v) is 6.37. The molecule has 0 bridgehead atoms. The lowest BCUT2D eigenvalue weighted by Gasteiger charge is -2.68. The molecule has 134 valence electrons. The van der Waals surface area contributed by atoms with Crippen LogP contribution in [0.1, 0.15) is 52.4 Å². The maximum atomic E-state index is 11.4. The van der Waals surface area contributed by atoms with E-state index in [1.165, 1.54) is 64.7 Å². The number of carbonyl (C=O) groups is 1. The maximum absolute atomic E-state index is 11.4. The fraction of sp³-hybridized carbons (Fsp3) is 0.950. The summed E-state index contributed by atoms with van der Waals surface area (Å²) in [6.45, 7) is 11.6. The SMILES string of the molecule is CC(=O)N1CC2(CC(N3CC4(CC(N5CCC(C)CC5)C4)C3)C2)C1. The molecule has 4 heteroatoms. The number of piperidine rings is 1. The van der Waals surface area contributed by atoms with Gasteiger partial charge in [0.2, 0.25) is 5.91 Å². The van der Waals surface area contributed by atoms with Gasteiger partial charge in [0.05, 0.1) is 0 Å². The van der Waals surface area contributed by atoms with Gasteiger partial charge >= 0.3 is 0 Å². The van der Waals surface area contributed by atoms with E-state index in [2.05, 4.69) is 16.7 Å². The van der Waals surface area contributed by atoms with E-state index in [0.29, 0.717) is 10.8 Å². The normalized spacial score (nSPS) is 33.8. The first kappa shape index (κ1) is 15.6. The fourth-order valence-electron chi connectivity index (χ4n) is 6.37. The Morgan fingerprint density at radius 3 is 1.88 bits per heavy atom. The Labute approximate surface area is 146 Å². The van der Waals surface area contributed by atoms with Gasteiger partial charge in [0.15, 0.2) is 0 Å². The number of hydrogen-bond donors (Lipinski definition) is 0. The molecule has 0 unspecified atom stereocenters. The minimum absolute atomic E-state index is 0.264. The molecule has 3 heterocycles. The molecule has 0 aromatic rings. The summed E-state index contributed by atoms with van der Waals surface area (Å²) < 4.78 is 0. The van der Waals surface area contributed by atoms with Crippen molar-refractivity contribution in [1.82, 2.24) is 14.7 Å². The van der Waals surface area contributed by atoms with Crippen molar-refractivity contribution in [3.8, 4) is 0 Å². The first-order valence-corrected chi connectivity index (χ1v) is 10.2. The minimum atomic E-state index is 0.264. The quantitative estimate of drug-likeness (QED) is 0.776. The van der Waals surface area contributed by atoms with Gasteiger partial charge in [-0.2, -0.15) is 0 Å². The molecule has 2 aliphatic carbocycles. The van der Waals surface area contributed by atoms with Gasteiger partial charge in [0, 0.05) is 50.6 Å². The van der Waals surface area contributed by atoms with Crippen LogP contribution in [0.3, 0.4) is 0 Å². The Hall–Kier alpha value is -0.610. The number of hydrogen-bond acceptors (Lipinski definition) is 3. The smallest absolute Gasteiger partial charge is 0.219 e. The monoisotopic (exact) mass is 331 g/mol. The van der Waals surface area contributed by atoms with E-state index in [1.807, 2.05) is 4.90 Å². The summed E-state index contributed by atoms with van der Waals surface area (Å²) in [6, 6.07) is 1.74. The van der Waals surface area contributed by atoms with E-state index in [4.69, 9.17) is 0 Å². The molecule has 0 aromatic carbocycles. The molecule has 3 aliphatic heterocycles. The molecule has 4 nitrogen and oxygen atoms in total. The Kier molecular flexibility index (Phi) is 3.39. The largest absolute Gasteiger partial charge is 0.342 e. The van der Waals surface area contributed by atoms with Gasteiger partial charge < -0.3 is 9.80 Å². The predicted octanol–water partition coefficient (Wildman–Crippen LogP) is 2.19. The predicted molar refractivity (Wildman–Crippen MR) is 94.7 cm³/mol. The van der Waals surface area contributed by atoms with Crippen LogP contribution in [0.15, 0.2) is 0 Å². The van der Waals surface area contributed by atoms with Crippen molar-refractivity contribution < 1.29 is 4.79 Å². The van der Waals surface area contributed by atoms with E-state index in [9.17, 15) is 4.79 Å². The highest BCUT2D eigenvalue weighted by atomic mass is 16.2. The van der Waals surface area contributed by atoms with Crippen LogP contribution in [-0.4, -0.2) is 72.0 Å². The first-order valence-electron chi connectivity index (χ1n) is 10.2. The average molecular weight is 332 g/mol. The summed E-state index contributed by atoms with van der Waals surface area (Å²) in [6.07, 6.45) is 8.45. The maximum Gasteiger partial charge on any atom is 0.219 e. The number of likely N-dealkylation sites (tertiary alicyclic amines) is 3. The zero-order valence-electron chi connectivity index (χ0n) is 15.5. The van der Waals surface area contributed by atoms with Gasteiger partial charge in [-0.05, 0) is 62.9 Å². The number of nitrogens with zero attached hydrogens (tertiary/aromatic N) is 3. The molecule has 2 saturated carbocycles. The zero-order chi connectivity index (χ0) is 16.5. The lowest BCUT2D eigenvalue weighted by molar-refractivity contribution is -0.184. The Bertz CT molecular complexity index is 511. The molecule has 3 saturated heterocycles. The summed E-state index contributed by atoms with van der Waals surface area (Å²) in [4.78, 5) is 18.9. The summed E-state index contributed by atoms with van der Waals surface area (Å²) in [5.41, 5.74) is 1.22. The van der Waals surface area contributed by atoms with E-state index in [-0.39, 0.29) is 5.91 Å². The van der Waals surface area contributed by atoms with Crippen LogP contribution in [0, 0.1) is 16.7 Å². The molecule has 24 heavy (non-hydrogen) atoms. The average Bonchev–Trinajstić information content (AvgIpc) is 2.36. The third-order valence-corrected chi connectivity index (χ3v) is 8.10. The Morgan fingerprint density at radius 1 is 0.833 bits per heavy atom. The van der Waals surface area contributed by atoms with Crippen LogP contribution in [0.4, 0.5) is 0 Å². The van der Waals surface area contributed by atoms with Crippen molar-refractivity contribution in [1.29, 1.82) is 0 Å². The molecule has 0 N–H and O–H groups in total. The summed E-state index contributed by atoms with van der Waals surface area (Å²) in [7, 11) is 0. The second kappa shape index (κ2) is 5.20. The van der Waals surface area contributed by atoms with Gasteiger partial charge in [-0.25, -0.2) is 0 Å². The van der Waals surface area contributed by atoms with Gasteiger partial charge in [0.1, 0.15) is 0 Å². The molecule has 5 fully saturated rings. The van der Waals surface area contributed by atoms with Crippen molar-refractivity contribution in [2.45, 2.75) is 64.5 Å². The van der Waals surface area contributed by atoms with Crippen molar-refractivity contribution in [3.05, 3.63) is 0 Å². The van der Waals surface area contributed by atoms with Crippen LogP contribution in [0.2, 0.25) is 0 Å². The molecular weight excluding hydrogens is 298 g/mol. The van der Waals surface area contributed by atoms with Gasteiger partial charge in [0.25, 0.3) is 0 Å². The highest BCUT2D eigenvalue weighted by Gasteiger charge is 2.60. The second-order valence-corrected chi connectivity index (χ2v) is 10.1. The number of rotatable bonds is 2. The lowest BCUT2D eigenvalue weighted by atomic mass is 9.55. The third kappa shape index (κ3) is 2.36. The van der Waals surface area contributed by atoms with Gasteiger partial charge in [-0.15, -0.1) is 0 Å². The summed E-state index contributed by atoms with van der Waals surface area (Å²) in [5.74, 6) is 1.21. The second-order valence-electron chi connectivity index (χ2n) is 10.1. The van der Waals surface area contributed by atoms with E-state index in [0.717, 1.165) is 31.1 Å². The van der Waals surface area contributed by atoms with Crippen molar-refractivity contribution in [2.24, 2.45) is 16.7 Å². The van der Waals surface area contributed by atoms with Crippen molar-refractivity contribution >= 4 is 5.91 Å². The van der Waals surface area contributed by atoms with E-state index >= 15 is 0 Å². The van der Waals surface area contributed by atoms with Crippen LogP contribution in [0.5, 0.6) is 0 Å². The highest BCUT2D eigenvalue weighted by molar-refractivity contribution is 5.74. The molecule has 1 amide bonds. The van der Waals surface area contributed by atoms with Crippen molar-refractivity contribution in [3.63, 3.8) is 0 Å². The molecular formula is C20H33N3O. The minimum Gasteiger partial charge on any atom is -0.342 e. The molecule has 0 radical (unpaired) electrons. The molecule has 0 atom stereocenters. The first-order chi connectivity index (χ1) is 11.5.